The van der Waals surface area contributed by atoms with Crippen LogP contribution in [0.2, 0.25) is 0 Å². The number of fused-ring (bicyclic) bond motifs is 2. The second-order valence-electron chi connectivity index (χ2n) is 9.84. The molecule has 158 valence electrons. The molecule has 1 N–H and O–H groups in total. The minimum Gasteiger partial charge on any atom is -0.483 e. The first-order valence-corrected chi connectivity index (χ1v) is 10.6. The number of anilines is 1. The highest BCUT2D eigenvalue weighted by atomic mass is 16.5. The fourth-order valence-corrected chi connectivity index (χ4v) is 5.47. The van der Waals surface area contributed by atoms with Gasteiger partial charge in [-0.2, -0.15) is 0 Å². The lowest BCUT2D eigenvalue weighted by Gasteiger charge is -2.39. The third-order valence-corrected chi connectivity index (χ3v) is 6.25. The van der Waals surface area contributed by atoms with Gasteiger partial charge in [-0.25, -0.2) is 0 Å². The predicted molar refractivity (Wildman–Crippen MR) is 118 cm³/mol. The second kappa shape index (κ2) is 7.78. The third-order valence-electron chi connectivity index (χ3n) is 6.25. The molecule has 2 bridgehead atoms. The molecular formula is C25H30N2O3. The SMILES string of the molecule is CC1(C)C[C@@H]2C[C@@](C)(CN2C(=O)COc2ccccc2C(=O)Nc2ccccc2)C1. The molecule has 2 fully saturated rings. The van der Waals surface area contributed by atoms with Crippen LogP contribution in [-0.4, -0.2) is 35.9 Å². The van der Waals surface area contributed by atoms with Gasteiger partial charge in [0.15, 0.2) is 6.61 Å². The van der Waals surface area contributed by atoms with Crippen LogP contribution in [0.15, 0.2) is 54.6 Å². The van der Waals surface area contributed by atoms with E-state index < -0.39 is 0 Å². The molecule has 1 heterocycles. The Morgan fingerprint density at radius 3 is 2.50 bits per heavy atom. The van der Waals surface area contributed by atoms with Crippen molar-refractivity contribution in [3.63, 3.8) is 0 Å². The van der Waals surface area contributed by atoms with Crippen LogP contribution < -0.4 is 10.1 Å². The number of ether oxygens (including phenoxy) is 1. The van der Waals surface area contributed by atoms with Crippen molar-refractivity contribution < 1.29 is 14.3 Å². The maximum Gasteiger partial charge on any atom is 0.260 e. The summed E-state index contributed by atoms with van der Waals surface area (Å²) in [6.45, 7) is 7.62. The van der Waals surface area contributed by atoms with E-state index in [2.05, 4.69) is 26.1 Å². The Hall–Kier alpha value is -2.82. The van der Waals surface area contributed by atoms with E-state index in [9.17, 15) is 9.59 Å². The molecule has 2 aromatic carbocycles. The maximum atomic E-state index is 13.0. The van der Waals surface area contributed by atoms with E-state index >= 15 is 0 Å². The van der Waals surface area contributed by atoms with Gasteiger partial charge in [0, 0.05) is 18.3 Å². The number of carbonyl (C=O) groups excluding carboxylic acids is 2. The first kappa shape index (κ1) is 20.5. The minimum atomic E-state index is -0.254. The molecule has 4 rings (SSSR count). The number of benzene rings is 2. The highest BCUT2D eigenvalue weighted by Crippen LogP contribution is 2.52. The molecule has 1 saturated heterocycles. The number of nitrogens with zero attached hydrogens (tertiary/aromatic N) is 1. The van der Waals surface area contributed by atoms with Crippen molar-refractivity contribution in [2.75, 3.05) is 18.5 Å². The zero-order valence-corrected chi connectivity index (χ0v) is 18.0. The molecule has 1 aliphatic carbocycles. The summed E-state index contributed by atoms with van der Waals surface area (Å²) in [5.41, 5.74) is 1.58. The molecule has 5 heteroatoms. The summed E-state index contributed by atoms with van der Waals surface area (Å²) in [6.07, 6.45) is 3.24. The lowest BCUT2D eigenvalue weighted by molar-refractivity contribution is -0.134. The highest BCUT2D eigenvalue weighted by molar-refractivity contribution is 6.06. The van der Waals surface area contributed by atoms with E-state index in [-0.39, 0.29) is 35.3 Å². The Morgan fingerprint density at radius 1 is 1.03 bits per heavy atom. The number of rotatable bonds is 5. The van der Waals surface area contributed by atoms with Crippen LogP contribution in [0.4, 0.5) is 5.69 Å². The summed E-state index contributed by atoms with van der Waals surface area (Å²) in [6, 6.07) is 16.6. The Morgan fingerprint density at radius 2 is 1.73 bits per heavy atom. The Balaban J connectivity index is 1.42. The molecule has 30 heavy (non-hydrogen) atoms. The van der Waals surface area contributed by atoms with E-state index in [1.807, 2.05) is 41.3 Å². The Kier molecular flexibility index (Phi) is 5.31. The van der Waals surface area contributed by atoms with Crippen LogP contribution in [0.5, 0.6) is 5.75 Å². The molecule has 1 saturated carbocycles. The van der Waals surface area contributed by atoms with Crippen molar-refractivity contribution in [2.24, 2.45) is 10.8 Å². The standard InChI is InChI=1S/C25H30N2O3/c1-24(2)13-19-14-25(3,16-24)17-27(19)22(28)15-30-21-12-8-7-11-20(21)23(29)26-18-9-5-4-6-10-18/h4-12,19H,13-17H2,1-3H3,(H,26,29)/t19-,25-/m1/s1. The molecule has 2 aliphatic rings. The van der Waals surface area contributed by atoms with Crippen molar-refractivity contribution >= 4 is 17.5 Å². The van der Waals surface area contributed by atoms with Gasteiger partial charge in [-0.15, -0.1) is 0 Å². The number of carbonyl (C=O) groups is 2. The van der Waals surface area contributed by atoms with Gasteiger partial charge in [0.1, 0.15) is 5.75 Å². The summed E-state index contributed by atoms with van der Waals surface area (Å²) in [5, 5.41) is 2.87. The number of para-hydroxylation sites is 2. The topological polar surface area (TPSA) is 58.6 Å². The molecule has 2 atom stereocenters. The van der Waals surface area contributed by atoms with E-state index in [1.54, 1.807) is 18.2 Å². The molecule has 0 radical (unpaired) electrons. The van der Waals surface area contributed by atoms with Gasteiger partial charge in [-0.1, -0.05) is 51.1 Å². The van der Waals surface area contributed by atoms with Gasteiger partial charge in [0.05, 0.1) is 5.56 Å². The monoisotopic (exact) mass is 406 g/mol. The van der Waals surface area contributed by atoms with Crippen LogP contribution in [0.3, 0.4) is 0 Å². The molecule has 2 amide bonds. The zero-order valence-electron chi connectivity index (χ0n) is 18.0. The summed E-state index contributed by atoms with van der Waals surface area (Å²) in [7, 11) is 0. The van der Waals surface area contributed by atoms with Gasteiger partial charge in [0.2, 0.25) is 0 Å². The Labute approximate surface area is 178 Å². The normalized spacial score (nSPS) is 24.4. The average molecular weight is 407 g/mol. The first-order chi connectivity index (χ1) is 14.2. The van der Waals surface area contributed by atoms with Crippen LogP contribution in [0.25, 0.3) is 0 Å². The van der Waals surface area contributed by atoms with Crippen LogP contribution in [-0.2, 0) is 4.79 Å². The largest absolute Gasteiger partial charge is 0.483 e. The number of amides is 2. The quantitative estimate of drug-likeness (QED) is 0.780. The van der Waals surface area contributed by atoms with Crippen LogP contribution >= 0.6 is 0 Å². The fraction of sp³-hybridized carbons (Fsp3) is 0.440. The average Bonchev–Trinajstić information content (AvgIpc) is 2.95. The smallest absolute Gasteiger partial charge is 0.260 e. The lowest BCUT2D eigenvalue weighted by Crippen LogP contribution is -2.40. The number of hydrogen-bond donors (Lipinski definition) is 1. The number of likely N-dealkylation sites (tertiary alicyclic amines) is 1. The molecular weight excluding hydrogens is 376 g/mol. The zero-order chi connectivity index (χ0) is 21.4. The molecule has 0 spiro atoms. The van der Waals surface area contributed by atoms with E-state index in [4.69, 9.17) is 4.74 Å². The van der Waals surface area contributed by atoms with E-state index in [1.165, 1.54) is 0 Å². The molecule has 0 aromatic heterocycles. The van der Waals surface area contributed by atoms with Crippen molar-refractivity contribution in [1.82, 2.24) is 4.90 Å². The Bertz CT molecular complexity index is 940. The lowest BCUT2D eigenvalue weighted by atomic mass is 9.65. The van der Waals surface area contributed by atoms with Crippen molar-refractivity contribution in [3.05, 3.63) is 60.2 Å². The number of nitrogens with one attached hydrogen (secondary N) is 1. The summed E-state index contributed by atoms with van der Waals surface area (Å²) in [4.78, 5) is 27.7. The van der Waals surface area contributed by atoms with Crippen molar-refractivity contribution in [1.29, 1.82) is 0 Å². The second-order valence-corrected chi connectivity index (χ2v) is 9.84. The summed E-state index contributed by atoms with van der Waals surface area (Å²) < 4.78 is 5.85. The minimum absolute atomic E-state index is 0.000282. The van der Waals surface area contributed by atoms with E-state index in [0.29, 0.717) is 17.0 Å². The van der Waals surface area contributed by atoms with E-state index in [0.717, 1.165) is 25.8 Å². The van der Waals surface area contributed by atoms with Gasteiger partial charge >= 0.3 is 0 Å². The summed E-state index contributed by atoms with van der Waals surface area (Å²) >= 11 is 0. The van der Waals surface area contributed by atoms with Crippen LogP contribution in [0.1, 0.15) is 50.4 Å². The van der Waals surface area contributed by atoms with Crippen molar-refractivity contribution in [3.8, 4) is 5.75 Å². The van der Waals surface area contributed by atoms with Crippen molar-refractivity contribution in [2.45, 2.75) is 46.1 Å². The maximum absolute atomic E-state index is 13.0. The summed E-state index contributed by atoms with van der Waals surface area (Å²) in [5.74, 6) is 0.170. The van der Waals surface area contributed by atoms with Gasteiger partial charge < -0.3 is 15.0 Å². The highest BCUT2D eigenvalue weighted by Gasteiger charge is 2.50. The predicted octanol–water partition coefficient (Wildman–Crippen LogP) is 4.74. The molecule has 0 unspecified atom stereocenters. The van der Waals surface area contributed by atoms with Crippen LogP contribution in [0, 0.1) is 10.8 Å². The number of hydrogen-bond acceptors (Lipinski definition) is 3. The fourth-order valence-electron chi connectivity index (χ4n) is 5.47. The third kappa shape index (κ3) is 4.35. The molecule has 5 nitrogen and oxygen atoms in total. The molecule has 2 aromatic rings. The van der Waals surface area contributed by atoms with Gasteiger partial charge in [-0.3, -0.25) is 9.59 Å². The van der Waals surface area contributed by atoms with Gasteiger partial charge in [0.25, 0.3) is 11.8 Å². The van der Waals surface area contributed by atoms with Gasteiger partial charge in [-0.05, 0) is 54.4 Å². The first-order valence-electron chi connectivity index (χ1n) is 10.6. The molecule has 1 aliphatic heterocycles.